The van der Waals surface area contributed by atoms with Crippen molar-refractivity contribution in [2.75, 3.05) is 31.1 Å². The van der Waals surface area contributed by atoms with Crippen LogP contribution in [-0.2, 0) is 11.3 Å². The first kappa shape index (κ1) is 26.7. The van der Waals surface area contributed by atoms with Crippen LogP contribution >= 0.6 is 24.0 Å². The lowest BCUT2D eigenvalue weighted by Crippen LogP contribution is -2.47. The van der Waals surface area contributed by atoms with E-state index in [-0.39, 0.29) is 35.8 Å². The fourth-order valence-corrected chi connectivity index (χ4v) is 5.01. The number of hydrogen-bond donors (Lipinski definition) is 3. The van der Waals surface area contributed by atoms with Crippen molar-refractivity contribution < 1.29 is 4.79 Å². The first-order valence-electron chi connectivity index (χ1n) is 11.9. The molecule has 1 aliphatic carbocycles. The summed E-state index contributed by atoms with van der Waals surface area (Å²) in [6.07, 6.45) is 8.84. The second-order valence-corrected chi connectivity index (χ2v) is 9.67. The van der Waals surface area contributed by atoms with Gasteiger partial charge in [0.25, 0.3) is 0 Å². The van der Waals surface area contributed by atoms with Crippen LogP contribution in [0.3, 0.4) is 0 Å². The molecule has 1 atom stereocenters. The number of piperidine rings is 1. The number of carbonyl (C=O) groups is 1. The third kappa shape index (κ3) is 7.22. The Balaban J connectivity index is 0.00000363. The summed E-state index contributed by atoms with van der Waals surface area (Å²) in [5, 5.41) is 7.00. The van der Waals surface area contributed by atoms with Crippen molar-refractivity contribution in [3.05, 3.63) is 23.9 Å². The predicted molar refractivity (Wildman–Crippen MR) is 142 cm³/mol. The number of carbonyl (C=O) groups excluding carboxylic acids is 1. The lowest BCUT2D eigenvalue weighted by atomic mass is 9.64. The molecule has 0 bridgehead atoms. The number of hydrogen-bond acceptors (Lipinski definition) is 4. The number of aliphatic imine (C=N–C) groups is 1. The van der Waals surface area contributed by atoms with Gasteiger partial charge in [-0.2, -0.15) is 0 Å². The van der Waals surface area contributed by atoms with Crippen LogP contribution in [0, 0.1) is 17.3 Å². The summed E-state index contributed by atoms with van der Waals surface area (Å²) in [4.78, 5) is 23.4. The van der Waals surface area contributed by atoms with Gasteiger partial charge in [0, 0.05) is 37.9 Å². The van der Waals surface area contributed by atoms with Crippen LogP contribution in [0.4, 0.5) is 5.82 Å². The molecule has 0 radical (unpaired) electrons. The van der Waals surface area contributed by atoms with E-state index in [0.29, 0.717) is 24.4 Å². The second kappa shape index (κ2) is 12.6. The van der Waals surface area contributed by atoms with Gasteiger partial charge in [0.1, 0.15) is 5.82 Å². The zero-order valence-corrected chi connectivity index (χ0v) is 22.2. The minimum Gasteiger partial charge on any atom is -0.369 e. The van der Waals surface area contributed by atoms with Gasteiger partial charge in [-0.3, -0.25) is 4.79 Å². The molecule has 1 aromatic rings. The number of amides is 1. The molecular weight excluding hydrogens is 515 g/mol. The monoisotopic (exact) mass is 556 g/mol. The molecule has 180 valence electrons. The first-order valence-corrected chi connectivity index (χ1v) is 11.9. The third-order valence-corrected chi connectivity index (χ3v) is 6.63. The smallest absolute Gasteiger partial charge is 0.222 e. The van der Waals surface area contributed by atoms with E-state index in [9.17, 15) is 4.79 Å². The summed E-state index contributed by atoms with van der Waals surface area (Å²) in [6.45, 7) is 10.6. The van der Waals surface area contributed by atoms with Crippen molar-refractivity contribution in [2.24, 2.45) is 28.0 Å². The Morgan fingerprint density at radius 3 is 2.75 bits per heavy atom. The molecule has 1 saturated carbocycles. The van der Waals surface area contributed by atoms with Crippen LogP contribution in [0.5, 0.6) is 0 Å². The highest BCUT2D eigenvalue weighted by Crippen LogP contribution is 2.45. The highest BCUT2D eigenvalue weighted by Gasteiger charge is 2.37. The number of anilines is 1. The third-order valence-electron chi connectivity index (χ3n) is 6.63. The topological polar surface area (TPSA) is 95.6 Å². The molecule has 1 unspecified atom stereocenters. The zero-order valence-electron chi connectivity index (χ0n) is 19.9. The minimum atomic E-state index is -0.217. The van der Waals surface area contributed by atoms with Gasteiger partial charge in [-0.05, 0) is 56.4 Å². The van der Waals surface area contributed by atoms with Crippen LogP contribution < -0.4 is 21.3 Å². The highest BCUT2D eigenvalue weighted by molar-refractivity contribution is 14.0. The Labute approximate surface area is 210 Å². The molecule has 1 saturated heterocycles. The molecule has 0 aromatic carbocycles. The maximum atomic E-state index is 11.7. The maximum Gasteiger partial charge on any atom is 0.222 e. The van der Waals surface area contributed by atoms with Gasteiger partial charge in [0.15, 0.2) is 5.96 Å². The van der Waals surface area contributed by atoms with E-state index in [4.69, 9.17) is 10.7 Å². The van der Waals surface area contributed by atoms with Gasteiger partial charge >= 0.3 is 0 Å². The van der Waals surface area contributed by atoms with Crippen LogP contribution in [0.1, 0.15) is 64.9 Å². The molecule has 1 aliphatic heterocycles. The molecule has 7 nitrogen and oxygen atoms in total. The van der Waals surface area contributed by atoms with E-state index in [1.54, 1.807) is 0 Å². The zero-order chi connectivity index (χ0) is 22.3. The number of pyridine rings is 1. The molecule has 32 heavy (non-hydrogen) atoms. The van der Waals surface area contributed by atoms with Crippen molar-refractivity contribution in [1.82, 2.24) is 15.6 Å². The van der Waals surface area contributed by atoms with Crippen molar-refractivity contribution in [1.29, 1.82) is 0 Å². The Kier molecular flexibility index (Phi) is 10.5. The SMILES string of the molecule is CCNC(=NCc1cccnc1N1CCCC(C(N)=O)C1)NCC1(CC(C)C)CCC1.I. The molecule has 0 spiro atoms. The fourth-order valence-electron chi connectivity index (χ4n) is 5.01. The number of nitrogens with one attached hydrogen (secondary N) is 2. The number of aromatic nitrogens is 1. The molecule has 2 aliphatic rings. The van der Waals surface area contributed by atoms with Gasteiger partial charge in [0.2, 0.25) is 5.91 Å². The Morgan fingerprint density at radius 2 is 2.12 bits per heavy atom. The van der Waals surface area contributed by atoms with Gasteiger partial charge in [0.05, 0.1) is 12.5 Å². The number of rotatable bonds is 9. The van der Waals surface area contributed by atoms with Gasteiger partial charge in [-0.15, -0.1) is 24.0 Å². The van der Waals surface area contributed by atoms with Crippen LogP contribution in [-0.4, -0.2) is 43.0 Å². The van der Waals surface area contributed by atoms with Crippen molar-refractivity contribution in [3.8, 4) is 0 Å². The van der Waals surface area contributed by atoms with Crippen LogP contribution in [0.15, 0.2) is 23.3 Å². The molecule has 2 heterocycles. The Morgan fingerprint density at radius 1 is 1.34 bits per heavy atom. The number of nitrogens with zero attached hydrogens (tertiary/aromatic N) is 3. The van der Waals surface area contributed by atoms with Crippen molar-refractivity contribution in [2.45, 2.75) is 65.8 Å². The quantitative estimate of drug-likeness (QED) is 0.245. The second-order valence-electron chi connectivity index (χ2n) is 9.67. The highest BCUT2D eigenvalue weighted by atomic mass is 127. The minimum absolute atomic E-state index is 0. The summed E-state index contributed by atoms with van der Waals surface area (Å²) >= 11 is 0. The summed E-state index contributed by atoms with van der Waals surface area (Å²) in [6, 6.07) is 4.03. The number of primary amides is 1. The maximum absolute atomic E-state index is 11.7. The van der Waals surface area contributed by atoms with Gasteiger partial charge < -0.3 is 21.3 Å². The molecule has 2 fully saturated rings. The average Bonchev–Trinajstić information content (AvgIpc) is 2.73. The predicted octanol–water partition coefficient (Wildman–Crippen LogP) is 3.67. The van der Waals surface area contributed by atoms with Crippen molar-refractivity contribution >= 4 is 41.7 Å². The first-order chi connectivity index (χ1) is 14.9. The number of guanidine groups is 1. The number of halogens is 1. The fraction of sp³-hybridized carbons (Fsp3) is 0.708. The van der Waals surface area contributed by atoms with Gasteiger partial charge in [-0.1, -0.05) is 26.3 Å². The van der Waals surface area contributed by atoms with Crippen LogP contribution in [0.25, 0.3) is 0 Å². The molecule has 4 N–H and O–H groups in total. The normalized spacial score (nSPS) is 20.3. The van der Waals surface area contributed by atoms with E-state index in [2.05, 4.69) is 47.4 Å². The number of nitrogens with two attached hydrogens (primary N) is 1. The Bertz CT molecular complexity index is 765. The average molecular weight is 557 g/mol. The van der Waals surface area contributed by atoms with Gasteiger partial charge in [-0.25, -0.2) is 9.98 Å². The standard InChI is InChI=1S/C24H40N6O.HI/c1-4-26-23(29-17-24(10-7-11-24)14-18(2)3)28-15-19-8-5-12-27-22(19)30-13-6-9-20(16-30)21(25)31;/h5,8,12,18,20H,4,6-7,9-11,13-17H2,1-3H3,(H2,25,31)(H2,26,28,29);1H. The molecule has 8 heteroatoms. The molecule has 1 aromatic heterocycles. The Hall–Kier alpha value is -1.58. The van der Waals surface area contributed by atoms with Crippen molar-refractivity contribution in [3.63, 3.8) is 0 Å². The lowest BCUT2D eigenvalue weighted by molar-refractivity contribution is -0.122. The summed E-state index contributed by atoms with van der Waals surface area (Å²) in [5.74, 6) is 2.17. The van der Waals surface area contributed by atoms with E-state index in [1.807, 2.05) is 12.3 Å². The summed E-state index contributed by atoms with van der Waals surface area (Å²) in [5.41, 5.74) is 7.06. The lowest BCUT2D eigenvalue weighted by Gasteiger charge is -2.43. The van der Waals surface area contributed by atoms with E-state index in [0.717, 1.165) is 49.8 Å². The summed E-state index contributed by atoms with van der Waals surface area (Å²) in [7, 11) is 0. The van der Waals surface area contributed by atoms with E-state index in [1.165, 1.54) is 25.7 Å². The molecule has 1 amide bonds. The molecule has 3 rings (SSSR count). The van der Waals surface area contributed by atoms with E-state index < -0.39 is 0 Å². The molecular formula is C24H41IN6O. The largest absolute Gasteiger partial charge is 0.369 e. The van der Waals surface area contributed by atoms with E-state index >= 15 is 0 Å². The van der Waals surface area contributed by atoms with Crippen LogP contribution in [0.2, 0.25) is 0 Å². The summed E-state index contributed by atoms with van der Waals surface area (Å²) < 4.78 is 0.